The van der Waals surface area contributed by atoms with Crippen LogP contribution in [0, 0.1) is 0 Å². The highest BCUT2D eigenvalue weighted by atomic mass is 16.5. The summed E-state index contributed by atoms with van der Waals surface area (Å²) in [5.41, 5.74) is 0. The van der Waals surface area contributed by atoms with E-state index in [9.17, 15) is 19.8 Å². The van der Waals surface area contributed by atoms with Crippen LogP contribution in [-0.2, 0) is 14.3 Å². The molecule has 0 aliphatic rings. The minimum Gasteiger partial charge on any atom is -0.462 e. The normalized spacial score (nSPS) is 13.7. The van der Waals surface area contributed by atoms with Crippen LogP contribution in [-0.4, -0.2) is 46.9 Å². The average molecular weight is 786 g/mol. The molecule has 0 aromatic heterocycles. The molecule has 0 aliphatic heterocycles. The van der Waals surface area contributed by atoms with E-state index in [0.717, 1.165) is 83.5 Å². The van der Waals surface area contributed by atoms with E-state index in [1.807, 2.05) is 0 Å². The number of amides is 1. The largest absolute Gasteiger partial charge is 0.462 e. The fourth-order valence-corrected chi connectivity index (χ4v) is 6.97. The summed E-state index contributed by atoms with van der Waals surface area (Å²) >= 11 is 0. The van der Waals surface area contributed by atoms with Gasteiger partial charge in [0.1, 0.15) is 6.10 Å². The molecule has 6 heteroatoms. The lowest BCUT2D eigenvalue weighted by Gasteiger charge is -2.24. The van der Waals surface area contributed by atoms with Crippen molar-refractivity contribution in [2.45, 2.75) is 251 Å². The van der Waals surface area contributed by atoms with Gasteiger partial charge in [0.25, 0.3) is 0 Å². The summed E-state index contributed by atoms with van der Waals surface area (Å²) in [5, 5.41) is 23.7. The van der Waals surface area contributed by atoms with Crippen LogP contribution in [0.5, 0.6) is 0 Å². The molecule has 0 bridgehead atoms. The van der Waals surface area contributed by atoms with Crippen molar-refractivity contribution in [3.8, 4) is 0 Å². The van der Waals surface area contributed by atoms with Gasteiger partial charge in [-0.1, -0.05) is 185 Å². The Balaban J connectivity index is 4.67. The summed E-state index contributed by atoms with van der Waals surface area (Å²) in [7, 11) is 0. The molecular weight excluding hydrogens is 695 g/mol. The summed E-state index contributed by atoms with van der Waals surface area (Å²) in [4.78, 5) is 26.0. The molecular formula is C50H91NO5. The van der Waals surface area contributed by atoms with Crippen LogP contribution in [0.3, 0.4) is 0 Å². The first-order valence-electron chi connectivity index (χ1n) is 23.9. The number of hydrogen-bond donors (Lipinski definition) is 3. The zero-order valence-corrected chi connectivity index (χ0v) is 37.0. The first-order chi connectivity index (χ1) is 27.5. The van der Waals surface area contributed by atoms with Gasteiger partial charge in [-0.25, -0.2) is 0 Å². The van der Waals surface area contributed by atoms with Crippen LogP contribution in [0.25, 0.3) is 0 Å². The first kappa shape index (κ1) is 53.8. The number of esters is 1. The highest BCUT2D eigenvalue weighted by Gasteiger charge is 2.24. The second-order valence-corrected chi connectivity index (χ2v) is 16.2. The Labute approximate surface area is 346 Å². The molecule has 0 radical (unpaired) electrons. The van der Waals surface area contributed by atoms with E-state index < -0.39 is 18.2 Å². The van der Waals surface area contributed by atoms with Crippen LogP contribution in [0.2, 0.25) is 0 Å². The Morgan fingerprint density at radius 3 is 1.52 bits per heavy atom. The van der Waals surface area contributed by atoms with Gasteiger partial charge in [-0.05, 0) is 83.5 Å². The van der Waals surface area contributed by atoms with E-state index in [4.69, 9.17) is 4.74 Å². The van der Waals surface area contributed by atoms with Crippen molar-refractivity contribution in [2.75, 3.05) is 6.61 Å². The highest BCUT2D eigenvalue weighted by Crippen LogP contribution is 2.17. The van der Waals surface area contributed by atoms with E-state index in [1.165, 1.54) is 103 Å². The van der Waals surface area contributed by atoms with Crippen LogP contribution < -0.4 is 5.32 Å². The number of nitrogens with one attached hydrogen (secondary N) is 1. The van der Waals surface area contributed by atoms with Gasteiger partial charge in [0.05, 0.1) is 25.2 Å². The molecule has 3 atom stereocenters. The van der Waals surface area contributed by atoms with Gasteiger partial charge < -0.3 is 20.3 Å². The maximum Gasteiger partial charge on any atom is 0.306 e. The van der Waals surface area contributed by atoms with E-state index in [1.54, 1.807) is 0 Å². The predicted molar refractivity (Wildman–Crippen MR) is 241 cm³/mol. The van der Waals surface area contributed by atoms with Crippen molar-refractivity contribution in [1.82, 2.24) is 5.32 Å². The molecule has 6 nitrogen and oxygen atoms in total. The fourth-order valence-electron chi connectivity index (χ4n) is 6.97. The third-order valence-corrected chi connectivity index (χ3v) is 10.6. The summed E-state index contributed by atoms with van der Waals surface area (Å²) in [5.74, 6) is -0.524. The number of aliphatic hydroxyl groups excluding tert-OH is 2. The number of allylic oxidation sites excluding steroid dienone is 8. The Morgan fingerprint density at radius 1 is 0.518 bits per heavy atom. The Morgan fingerprint density at radius 2 is 0.946 bits per heavy atom. The van der Waals surface area contributed by atoms with Gasteiger partial charge in [0, 0.05) is 6.42 Å². The van der Waals surface area contributed by atoms with Crippen molar-refractivity contribution in [3.63, 3.8) is 0 Å². The molecule has 0 rings (SSSR count). The molecule has 1 amide bonds. The smallest absolute Gasteiger partial charge is 0.306 e. The first-order valence-corrected chi connectivity index (χ1v) is 23.9. The molecule has 0 aliphatic carbocycles. The van der Waals surface area contributed by atoms with Crippen LogP contribution in [0.4, 0.5) is 0 Å². The molecule has 0 aromatic carbocycles. The zero-order valence-electron chi connectivity index (χ0n) is 37.0. The molecule has 0 spiro atoms. The lowest BCUT2D eigenvalue weighted by molar-refractivity contribution is -0.151. The lowest BCUT2D eigenvalue weighted by Crippen LogP contribution is -2.46. The second-order valence-electron chi connectivity index (χ2n) is 16.2. The Hall–Kier alpha value is -2.18. The topological polar surface area (TPSA) is 95.9 Å². The molecule has 0 fully saturated rings. The number of rotatable bonds is 42. The number of carbonyl (C=O) groups is 2. The minimum absolute atomic E-state index is 0.0484. The van der Waals surface area contributed by atoms with Crippen molar-refractivity contribution in [3.05, 3.63) is 48.6 Å². The highest BCUT2D eigenvalue weighted by molar-refractivity contribution is 5.77. The maximum absolute atomic E-state index is 13.1. The number of carbonyl (C=O) groups excluding carboxylic acids is 2. The predicted octanol–water partition coefficient (Wildman–Crippen LogP) is 13.9. The summed E-state index contributed by atoms with van der Waals surface area (Å²) in [6, 6.07) is -0.713. The van der Waals surface area contributed by atoms with E-state index in [2.05, 4.69) is 74.7 Å². The van der Waals surface area contributed by atoms with E-state index in [-0.39, 0.29) is 24.9 Å². The molecule has 3 N–H and O–H groups in total. The number of hydrogen-bond acceptors (Lipinski definition) is 5. The van der Waals surface area contributed by atoms with Crippen molar-refractivity contribution in [2.24, 2.45) is 0 Å². The third-order valence-electron chi connectivity index (χ3n) is 10.6. The van der Waals surface area contributed by atoms with Crippen molar-refractivity contribution in [1.29, 1.82) is 0 Å². The van der Waals surface area contributed by atoms with Crippen molar-refractivity contribution < 1.29 is 24.5 Å². The molecule has 3 unspecified atom stereocenters. The summed E-state index contributed by atoms with van der Waals surface area (Å²) in [6.45, 7) is 6.37. The molecule has 0 saturated carbocycles. The minimum atomic E-state index is -0.797. The summed E-state index contributed by atoms with van der Waals surface area (Å²) in [6.07, 6.45) is 51.7. The van der Waals surface area contributed by atoms with Crippen LogP contribution >= 0.6 is 0 Å². The SMILES string of the molecule is CCC/C=C\CCCCCCCC(=O)OC(CCCC/C=C\C/C=C\C/C=C\CCCCC)CC(=O)NC(CO)C(O)CCCCCCCCCCCCCC. The molecule has 0 saturated heterocycles. The number of aliphatic hydroxyl groups is 2. The fraction of sp³-hybridized carbons (Fsp3) is 0.800. The second kappa shape index (κ2) is 43.9. The van der Waals surface area contributed by atoms with Gasteiger partial charge in [0.15, 0.2) is 0 Å². The molecule has 0 aromatic rings. The van der Waals surface area contributed by atoms with Crippen LogP contribution in [0.15, 0.2) is 48.6 Å². The Bertz CT molecular complexity index is 972. The van der Waals surface area contributed by atoms with Crippen LogP contribution in [0.1, 0.15) is 233 Å². The molecule has 326 valence electrons. The quantitative estimate of drug-likeness (QED) is 0.0325. The third kappa shape index (κ3) is 38.7. The molecule has 56 heavy (non-hydrogen) atoms. The van der Waals surface area contributed by atoms with Gasteiger partial charge >= 0.3 is 5.97 Å². The summed E-state index contributed by atoms with van der Waals surface area (Å²) < 4.78 is 5.88. The molecule has 0 heterocycles. The maximum atomic E-state index is 13.1. The number of unbranched alkanes of at least 4 members (excludes halogenated alkanes) is 22. The number of ether oxygens (including phenoxy) is 1. The van der Waals surface area contributed by atoms with E-state index >= 15 is 0 Å². The standard InChI is InChI=1S/C50H91NO5/c1-4-7-10-13-16-19-22-24-25-26-27-29-32-35-38-41-46(56-50(55)43-40-37-34-31-21-18-15-12-9-6-3)44-49(54)51-47(45-52)48(53)42-39-36-33-30-28-23-20-17-14-11-8-5-2/h12,15-16,19,24-25,27,29,46-48,52-53H,4-11,13-14,17-18,20-23,26,28,30-45H2,1-3H3,(H,51,54)/b15-12-,19-16-,25-24-,29-27-. The van der Waals surface area contributed by atoms with E-state index in [0.29, 0.717) is 19.3 Å². The van der Waals surface area contributed by atoms with Gasteiger partial charge in [-0.2, -0.15) is 0 Å². The monoisotopic (exact) mass is 786 g/mol. The van der Waals surface area contributed by atoms with Gasteiger partial charge in [-0.15, -0.1) is 0 Å². The van der Waals surface area contributed by atoms with Gasteiger partial charge in [-0.3, -0.25) is 9.59 Å². The average Bonchev–Trinajstić information content (AvgIpc) is 3.19. The Kier molecular flexibility index (Phi) is 42.2. The van der Waals surface area contributed by atoms with Gasteiger partial charge in [0.2, 0.25) is 5.91 Å². The van der Waals surface area contributed by atoms with Crippen molar-refractivity contribution >= 4 is 11.9 Å². The zero-order chi connectivity index (χ0) is 41.0. The lowest BCUT2D eigenvalue weighted by atomic mass is 10.0.